The van der Waals surface area contributed by atoms with Crippen molar-refractivity contribution in [1.82, 2.24) is 0 Å². The van der Waals surface area contributed by atoms with Gasteiger partial charge in [0.1, 0.15) is 12.4 Å². The van der Waals surface area contributed by atoms with Gasteiger partial charge in [-0.25, -0.2) is 4.79 Å². The van der Waals surface area contributed by atoms with Crippen LogP contribution in [0.25, 0.3) is 0 Å². The first-order valence-corrected chi connectivity index (χ1v) is 6.22. The first-order valence-electron chi connectivity index (χ1n) is 6.22. The zero-order valence-electron chi connectivity index (χ0n) is 11.1. The van der Waals surface area contributed by atoms with Crippen LogP contribution in [-0.2, 0) is 9.53 Å². The molecule has 0 saturated heterocycles. The van der Waals surface area contributed by atoms with Gasteiger partial charge in [-0.1, -0.05) is 6.07 Å². The van der Waals surface area contributed by atoms with E-state index in [0.717, 1.165) is 12.8 Å². The molecule has 0 amide bonds. The quantitative estimate of drug-likeness (QED) is 0.477. The van der Waals surface area contributed by atoms with Gasteiger partial charge in [0, 0.05) is 6.07 Å². The van der Waals surface area contributed by atoms with Crippen LogP contribution in [0.15, 0.2) is 24.3 Å². The first-order chi connectivity index (χ1) is 9.47. The Morgan fingerprint density at radius 3 is 2.80 bits per heavy atom. The van der Waals surface area contributed by atoms with Crippen molar-refractivity contribution < 1.29 is 19.2 Å². The van der Waals surface area contributed by atoms with Crippen LogP contribution in [0.5, 0.6) is 5.75 Å². The van der Waals surface area contributed by atoms with Crippen LogP contribution in [0.2, 0.25) is 0 Å². The maximum absolute atomic E-state index is 11.8. The Morgan fingerprint density at radius 2 is 2.25 bits per heavy atom. The third-order valence-corrected chi connectivity index (χ3v) is 3.38. The molecule has 1 atom stereocenters. The van der Waals surface area contributed by atoms with Crippen LogP contribution in [0, 0.1) is 16.0 Å². The van der Waals surface area contributed by atoms with E-state index in [-0.39, 0.29) is 18.2 Å². The molecule has 2 rings (SSSR count). The largest absolute Gasteiger partial charge is 0.491 e. The van der Waals surface area contributed by atoms with Crippen molar-refractivity contribution in [2.24, 2.45) is 11.7 Å². The summed E-state index contributed by atoms with van der Waals surface area (Å²) in [5, 5.41) is 10.7. The Hall–Kier alpha value is -2.15. The van der Waals surface area contributed by atoms with Crippen LogP contribution in [0.3, 0.4) is 0 Å². The van der Waals surface area contributed by atoms with Gasteiger partial charge in [-0.15, -0.1) is 0 Å². The summed E-state index contributed by atoms with van der Waals surface area (Å²) >= 11 is 0. The van der Waals surface area contributed by atoms with E-state index in [1.54, 1.807) is 6.07 Å². The van der Waals surface area contributed by atoms with Crippen LogP contribution >= 0.6 is 0 Å². The second-order valence-corrected chi connectivity index (χ2v) is 4.85. The van der Waals surface area contributed by atoms with E-state index in [2.05, 4.69) is 0 Å². The summed E-state index contributed by atoms with van der Waals surface area (Å²) in [4.78, 5) is 21.9. The Bertz CT molecular complexity index is 529. The predicted octanol–water partition coefficient (Wildman–Crippen LogP) is 1.25. The van der Waals surface area contributed by atoms with Crippen molar-refractivity contribution in [3.8, 4) is 5.75 Å². The van der Waals surface area contributed by atoms with Gasteiger partial charge in [0.25, 0.3) is 5.69 Å². The predicted molar refractivity (Wildman–Crippen MR) is 70.2 cm³/mol. The SMILES string of the molecule is COC(=O)C(N)(COc1cccc([N+](=O)[O-])c1)C1CC1. The minimum Gasteiger partial charge on any atom is -0.491 e. The number of nitrogens with zero attached hydrogens (tertiary/aromatic N) is 1. The molecule has 1 aromatic carbocycles. The number of nitro benzene ring substituents is 1. The molecule has 0 heterocycles. The van der Waals surface area contributed by atoms with Crippen molar-refractivity contribution >= 4 is 11.7 Å². The van der Waals surface area contributed by atoms with E-state index in [0.29, 0.717) is 5.75 Å². The smallest absolute Gasteiger partial charge is 0.329 e. The lowest BCUT2D eigenvalue weighted by molar-refractivity contribution is -0.384. The van der Waals surface area contributed by atoms with Gasteiger partial charge in [-0.05, 0) is 24.8 Å². The number of carbonyl (C=O) groups excluding carboxylic acids is 1. The molecule has 1 fully saturated rings. The number of non-ortho nitro benzene ring substituents is 1. The molecule has 7 heteroatoms. The topological polar surface area (TPSA) is 105 Å². The molecule has 0 aliphatic heterocycles. The van der Waals surface area contributed by atoms with E-state index in [1.165, 1.54) is 25.3 Å². The summed E-state index contributed by atoms with van der Waals surface area (Å²) in [5.41, 5.74) is 4.80. The van der Waals surface area contributed by atoms with Gasteiger partial charge in [0.05, 0.1) is 18.1 Å². The second-order valence-electron chi connectivity index (χ2n) is 4.85. The van der Waals surface area contributed by atoms with Gasteiger partial charge in [0.2, 0.25) is 0 Å². The van der Waals surface area contributed by atoms with Crippen molar-refractivity contribution in [1.29, 1.82) is 0 Å². The number of methoxy groups -OCH3 is 1. The average molecular weight is 280 g/mol. The normalized spacial score (nSPS) is 17.1. The van der Waals surface area contributed by atoms with Gasteiger partial charge in [-0.2, -0.15) is 0 Å². The monoisotopic (exact) mass is 280 g/mol. The lowest BCUT2D eigenvalue weighted by Gasteiger charge is -2.26. The Kier molecular flexibility index (Phi) is 3.89. The van der Waals surface area contributed by atoms with Gasteiger partial charge < -0.3 is 15.2 Å². The number of ether oxygens (including phenoxy) is 2. The third kappa shape index (κ3) is 2.88. The van der Waals surface area contributed by atoms with Crippen molar-refractivity contribution in [3.63, 3.8) is 0 Å². The summed E-state index contributed by atoms with van der Waals surface area (Å²) in [6.45, 7) is -0.0640. The Labute approximate surface area is 115 Å². The zero-order valence-corrected chi connectivity index (χ0v) is 11.1. The highest BCUT2D eigenvalue weighted by Gasteiger charge is 2.49. The number of rotatable bonds is 6. The maximum Gasteiger partial charge on any atom is 0.329 e. The minimum atomic E-state index is -1.20. The van der Waals surface area contributed by atoms with Crippen LogP contribution < -0.4 is 10.5 Å². The zero-order chi connectivity index (χ0) is 14.8. The minimum absolute atomic E-state index is 0.0358. The van der Waals surface area contributed by atoms with E-state index in [4.69, 9.17) is 15.2 Å². The standard InChI is InChI=1S/C13H16N2O5/c1-19-12(16)13(14,9-5-6-9)8-20-11-4-2-3-10(7-11)15(17)18/h2-4,7,9H,5-6,8,14H2,1H3. The lowest BCUT2D eigenvalue weighted by atomic mass is 9.96. The van der Waals surface area contributed by atoms with E-state index in [9.17, 15) is 14.9 Å². The maximum atomic E-state index is 11.8. The molecule has 1 aromatic rings. The molecule has 0 spiro atoms. The fraction of sp³-hybridized carbons (Fsp3) is 0.462. The second kappa shape index (κ2) is 5.46. The molecule has 1 unspecified atom stereocenters. The summed E-state index contributed by atoms with van der Waals surface area (Å²) in [6.07, 6.45) is 1.70. The van der Waals surface area contributed by atoms with E-state index >= 15 is 0 Å². The highest BCUT2D eigenvalue weighted by molar-refractivity contribution is 5.81. The van der Waals surface area contributed by atoms with Gasteiger partial charge >= 0.3 is 5.97 Å². The molecule has 7 nitrogen and oxygen atoms in total. The Morgan fingerprint density at radius 1 is 1.55 bits per heavy atom. The van der Waals surface area contributed by atoms with Gasteiger partial charge in [0.15, 0.2) is 5.54 Å². The number of esters is 1. The number of hydrogen-bond donors (Lipinski definition) is 1. The molecular weight excluding hydrogens is 264 g/mol. The molecule has 0 aromatic heterocycles. The van der Waals surface area contributed by atoms with Crippen LogP contribution in [-0.4, -0.2) is 30.1 Å². The summed E-state index contributed by atoms with van der Waals surface area (Å²) in [6, 6.07) is 5.76. The molecule has 2 N–H and O–H groups in total. The van der Waals surface area contributed by atoms with E-state index in [1.807, 2.05) is 0 Å². The fourth-order valence-electron chi connectivity index (χ4n) is 2.02. The fourth-order valence-corrected chi connectivity index (χ4v) is 2.02. The molecule has 108 valence electrons. The molecule has 1 aliphatic carbocycles. The van der Waals surface area contributed by atoms with E-state index < -0.39 is 16.4 Å². The number of nitrogens with two attached hydrogens (primary N) is 1. The molecule has 0 radical (unpaired) electrons. The van der Waals surface area contributed by atoms with Crippen LogP contribution in [0.4, 0.5) is 5.69 Å². The molecule has 1 aliphatic rings. The van der Waals surface area contributed by atoms with Crippen molar-refractivity contribution in [2.75, 3.05) is 13.7 Å². The number of hydrogen-bond acceptors (Lipinski definition) is 6. The highest BCUT2D eigenvalue weighted by Crippen LogP contribution is 2.39. The average Bonchev–Trinajstić information content (AvgIpc) is 3.29. The van der Waals surface area contributed by atoms with Gasteiger partial charge in [-0.3, -0.25) is 10.1 Å². The molecular formula is C13H16N2O5. The molecule has 1 saturated carbocycles. The molecule has 20 heavy (non-hydrogen) atoms. The summed E-state index contributed by atoms with van der Waals surface area (Å²) in [7, 11) is 1.28. The number of carbonyl (C=O) groups is 1. The summed E-state index contributed by atoms with van der Waals surface area (Å²) in [5.74, 6) is -0.183. The number of nitro groups is 1. The van der Waals surface area contributed by atoms with Crippen LogP contribution in [0.1, 0.15) is 12.8 Å². The highest BCUT2D eigenvalue weighted by atomic mass is 16.6. The Balaban J connectivity index is 2.08. The lowest BCUT2D eigenvalue weighted by Crippen LogP contribution is -2.55. The van der Waals surface area contributed by atoms with Crippen molar-refractivity contribution in [3.05, 3.63) is 34.4 Å². The summed E-state index contributed by atoms with van der Waals surface area (Å²) < 4.78 is 10.2. The molecule has 0 bridgehead atoms. The van der Waals surface area contributed by atoms with Crippen molar-refractivity contribution in [2.45, 2.75) is 18.4 Å². The number of benzene rings is 1. The first kappa shape index (κ1) is 14.3. The third-order valence-electron chi connectivity index (χ3n) is 3.38.